The molecule has 0 aliphatic rings. The highest BCUT2D eigenvalue weighted by molar-refractivity contribution is 7.47. The number of carbonyl (C=O) groups excluding carboxylic acids is 2. The molecule has 5 N–H and O–H groups in total. The van der Waals surface area contributed by atoms with Crippen LogP contribution in [0.5, 0.6) is 0 Å². The summed E-state index contributed by atoms with van der Waals surface area (Å²) in [6.07, 6.45) is 45.9. The number of carbonyl (C=O) groups is 3. The summed E-state index contributed by atoms with van der Waals surface area (Å²) in [6, 6.07) is -1.54. The van der Waals surface area contributed by atoms with Gasteiger partial charge in [0.25, 0.3) is 0 Å². The van der Waals surface area contributed by atoms with Crippen LogP contribution in [0.15, 0.2) is 60.8 Å². The van der Waals surface area contributed by atoms with Gasteiger partial charge in [0.1, 0.15) is 12.6 Å². The number of aliphatic carboxylic acids is 1. The lowest BCUT2D eigenvalue weighted by atomic mass is 10.1. The molecule has 0 aromatic carbocycles. The van der Waals surface area contributed by atoms with Crippen LogP contribution < -0.4 is 5.73 Å². The van der Waals surface area contributed by atoms with Gasteiger partial charge in [0.2, 0.25) is 0 Å². The minimum absolute atomic E-state index is 0.0727. The van der Waals surface area contributed by atoms with Gasteiger partial charge >= 0.3 is 25.7 Å². The van der Waals surface area contributed by atoms with E-state index >= 15 is 0 Å². The highest BCUT2D eigenvalue weighted by Crippen LogP contribution is 2.43. The molecule has 1 unspecified atom stereocenters. The molecular weight excluding hydrogens is 773 g/mol. The number of esters is 2. The Bertz CT molecular complexity index is 1230. The molecule has 0 fully saturated rings. The van der Waals surface area contributed by atoms with Crippen LogP contribution in [-0.2, 0) is 37.5 Å². The number of aliphatic hydroxyl groups excluding tert-OH is 1. The van der Waals surface area contributed by atoms with Crippen molar-refractivity contribution in [3.8, 4) is 0 Å². The molecule has 0 heterocycles. The quantitative estimate of drug-likeness (QED) is 0.0197. The number of hydrogen-bond donors (Lipinski definition) is 4. The van der Waals surface area contributed by atoms with Gasteiger partial charge in [-0.2, -0.15) is 0 Å². The Morgan fingerprint density at radius 3 is 1.51 bits per heavy atom. The van der Waals surface area contributed by atoms with E-state index < -0.39 is 51.1 Å². The summed E-state index contributed by atoms with van der Waals surface area (Å²) in [5.74, 6) is -2.48. The maximum atomic E-state index is 12.6. The number of phosphoric acid groups is 1. The minimum Gasteiger partial charge on any atom is -0.480 e. The van der Waals surface area contributed by atoms with E-state index in [1.165, 1.54) is 64.2 Å². The van der Waals surface area contributed by atoms with Crippen LogP contribution in [0, 0.1) is 0 Å². The van der Waals surface area contributed by atoms with Crippen molar-refractivity contribution in [1.82, 2.24) is 0 Å². The maximum absolute atomic E-state index is 12.6. The number of unbranched alkanes of at least 4 members (excludes halogenated alkanes) is 17. The van der Waals surface area contributed by atoms with E-state index in [1.807, 2.05) is 12.2 Å². The summed E-state index contributed by atoms with van der Waals surface area (Å²) in [5.41, 5.74) is 5.33. The fraction of sp³-hybridized carbons (Fsp3) is 0.717. The zero-order chi connectivity index (χ0) is 43.5. The van der Waals surface area contributed by atoms with E-state index in [4.69, 9.17) is 29.9 Å². The SMILES string of the molecule is CCCCCCCC/C=C\CCCCCCCCCC(=O)OC[C@H](COP(=O)(O)OC[C@H](N)C(=O)O)OC(=O)CCC/C=C\C/C=C\C/C=C\C/C=C\CCCCCO. The maximum Gasteiger partial charge on any atom is 0.472 e. The zero-order valence-corrected chi connectivity index (χ0v) is 37.2. The van der Waals surface area contributed by atoms with Crippen LogP contribution in [0.2, 0.25) is 0 Å². The van der Waals surface area contributed by atoms with Crippen LogP contribution >= 0.6 is 7.82 Å². The second-order valence-corrected chi connectivity index (χ2v) is 16.4. The van der Waals surface area contributed by atoms with Gasteiger partial charge in [-0.3, -0.25) is 23.4 Å². The van der Waals surface area contributed by atoms with Crippen molar-refractivity contribution >= 4 is 25.7 Å². The van der Waals surface area contributed by atoms with Crippen molar-refractivity contribution in [1.29, 1.82) is 0 Å². The Morgan fingerprint density at radius 2 is 0.983 bits per heavy atom. The summed E-state index contributed by atoms with van der Waals surface area (Å²) in [6.45, 7) is 0.741. The molecule has 0 radical (unpaired) electrons. The predicted molar refractivity (Wildman–Crippen MR) is 237 cm³/mol. The highest BCUT2D eigenvalue weighted by atomic mass is 31.2. The van der Waals surface area contributed by atoms with E-state index in [0.717, 1.165) is 70.6 Å². The normalized spacial score (nSPS) is 14.2. The smallest absolute Gasteiger partial charge is 0.472 e. The van der Waals surface area contributed by atoms with Gasteiger partial charge < -0.3 is 30.3 Å². The van der Waals surface area contributed by atoms with Crippen molar-refractivity contribution in [3.63, 3.8) is 0 Å². The fourth-order valence-corrected chi connectivity index (χ4v) is 6.51. The molecule has 0 aliphatic heterocycles. The van der Waals surface area contributed by atoms with Crippen molar-refractivity contribution < 1.29 is 52.6 Å². The molecule has 0 aromatic rings. The van der Waals surface area contributed by atoms with Gasteiger partial charge in [-0.15, -0.1) is 0 Å². The molecule has 0 rings (SSSR count). The van der Waals surface area contributed by atoms with Crippen molar-refractivity contribution in [2.75, 3.05) is 26.4 Å². The van der Waals surface area contributed by atoms with Crippen LogP contribution in [0.1, 0.15) is 174 Å². The van der Waals surface area contributed by atoms with Crippen LogP contribution in [-0.4, -0.2) is 71.6 Å². The zero-order valence-electron chi connectivity index (χ0n) is 36.3. The number of carboxylic acid groups (broad SMARTS) is 1. The van der Waals surface area contributed by atoms with E-state index in [1.54, 1.807) is 0 Å². The monoisotopic (exact) mass is 854 g/mol. The largest absolute Gasteiger partial charge is 0.480 e. The number of hydrogen-bond acceptors (Lipinski definition) is 10. The number of nitrogens with two attached hydrogens (primary N) is 1. The lowest BCUT2D eigenvalue weighted by Crippen LogP contribution is -2.34. The molecule has 59 heavy (non-hydrogen) atoms. The molecule has 340 valence electrons. The first-order valence-electron chi connectivity index (χ1n) is 22.4. The molecule has 0 saturated heterocycles. The van der Waals surface area contributed by atoms with E-state index in [2.05, 4.69) is 60.1 Å². The first-order valence-corrected chi connectivity index (χ1v) is 23.9. The molecule has 0 aromatic heterocycles. The molecule has 13 heteroatoms. The average molecular weight is 854 g/mol. The van der Waals surface area contributed by atoms with Crippen LogP contribution in [0.3, 0.4) is 0 Å². The second kappa shape index (κ2) is 41.9. The third-order valence-electron chi connectivity index (χ3n) is 9.29. The summed E-state index contributed by atoms with van der Waals surface area (Å²) >= 11 is 0. The summed E-state index contributed by atoms with van der Waals surface area (Å²) in [4.78, 5) is 46.0. The Kier molecular flexibility index (Phi) is 39.8. The molecule has 0 saturated carbocycles. The van der Waals surface area contributed by atoms with Crippen LogP contribution in [0.4, 0.5) is 0 Å². The predicted octanol–water partition coefficient (Wildman–Crippen LogP) is 10.9. The second-order valence-electron chi connectivity index (χ2n) is 14.9. The molecule has 0 bridgehead atoms. The molecule has 12 nitrogen and oxygen atoms in total. The molecule has 0 amide bonds. The Hall–Kier alpha value is -2.86. The van der Waals surface area contributed by atoms with Crippen molar-refractivity contribution in [3.05, 3.63) is 60.8 Å². The highest BCUT2D eigenvalue weighted by Gasteiger charge is 2.28. The molecule has 0 aliphatic carbocycles. The van der Waals surface area contributed by atoms with E-state index in [0.29, 0.717) is 19.3 Å². The lowest BCUT2D eigenvalue weighted by molar-refractivity contribution is -0.161. The minimum atomic E-state index is -4.74. The molecular formula is C46H80NO11P. The summed E-state index contributed by atoms with van der Waals surface area (Å²) < 4.78 is 32.6. The van der Waals surface area contributed by atoms with Crippen molar-refractivity contribution in [2.45, 2.75) is 186 Å². The number of allylic oxidation sites excluding steroid dienone is 10. The van der Waals surface area contributed by atoms with Gasteiger partial charge in [0.05, 0.1) is 13.2 Å². The van der Waals surface area contributed by atoms with Gasteiger partial charge in [0, 0.05) is 19.4 Å². The van der Waals surface area contributed by atoms with E-state index in [9.17, 15) is 23.8 Å². The van der Waals surface area contributed by atoms with Gasteiger partial charge in [-0.1, -0.05) is 138 Å². The average Bonchev–Trinajstić information content (AvgIpc) is 3.21. The first kappa shape index (κ1) is 56.1. The topological polar surface area (TPSA) is 192 Å². The number of ether oxygens (including phenoxy) is 2. The third-order valence-corrected chi connectivity index (χ3v) is 10.2. The number of carboxylic acids is 1. The first-order chi connectivity index (χ1) is 28.6. The van der Waals surface area contributed by atoms with Gasteiger partial charge in [0.15, 0.2) is 6.10 Å². The van der Waals surface area contributed by atoms with Gasteiger partial charge in [-0.25, -0.2) is 4.57 Å². The number of aliphatic hydroxyl groups is 1. The number of phosphoric ester groups is 1. The fourth-order valence-electron chi connectivity index (χ4n) is 5.74. The Balaban J connectivity index is 4.44. The Labute approximate surface area is 356 Å². The lowest BCUT2D eigenvalue weighted by Gasteiger charge is -2.20. The molecule has 0 spiro atoms. The Morgan fingerprint density at radius 1 is 0.559 bits per heavy atom. The standard InChI is InChI=1S/C46H80NO11P/c1-2-3-4-5-6-7-8-9-10-12-15-18-21-24-27-30-33-36-44(49)55-39-42(40-56-59(53,54)57-41-43(47)46(51)52)58-45(50)37-34-31-28-25-22-19-16-13-11-14-17-20-23-26-29-32-35-38-48/h9-11,14,16,19-20,23,25,28,42-43,48H,2-8,12-13,15,17-18,21-22,24,26-27,29-41,47H2,1H3,(H,51,52)(H,53,54)/b10-9-,14-11-,19-16-,23-20-,28-25-/t42-,43+/m1/s1. The molecule has 3 atom stereocenters. The van der Waals surface area contributed by atoms with Crippen LogP contribution in [0.25, 0.3) is 0 Å². The van der Waals surface area contributed by atoms with Crippen molar-refractivity contribution in [2.24, 2.45) is 5.73 Å². The summed E-state index contributed by atoms with van der Waals surface area (Å²) in [5, 5.41) is 17.7. The van der Waals surface area contributed by atoms with E-state index in [-0.39, 0.29) is 26.1 Å². The number of rotatable bonds is 42. The van der Waals surface area contributed by atoms with Gasteiger partial charge in [-0.05, 0) is 83.5 Å². The summed E-state index contributed by atoms with van der Waals surface area (Å²) in [7, 11) is -4.74. The third kappa shape index (κ3) is 41.7.